The second-order valence-electron chi connectivity index (χ2n) is 5.75. The van der Waals surface area contributed by atoms with E-state index in [0.29, 0.717) is 0 Å². The van der Waals surface area contributed by atoms with Crippen LogP contribution in [0, 0.1) is 0 Å². The molecule has 0 bridgehead atoms. The van der Waals surface area contributed by atoms with Crippen molar-refractivity contribution in [1.29, 1.82) is 0 Å². The summed E-state index contributed by atoms with van der Waals surface area (Å²) in [6, 6.07) is 4.08. The van der Waals surface area contributed by atoms with Crippen molar-refractivity contribution >= 4 is 24.0 Å². The predicted octanol–water partition coefficient (Wildman–Crippen LogP) is 2.23. The SMILES string of the molecule is CC1(C)OB(c2cn(-c3cccs3)cn2)OC1(C)C. The van der Waals surface area contributed by atoms with Crippen molar-refractivity contribution in [2.24, 2.45) is 0 Å². The van der Waals surface area contributed by atoms with Gasteiger partial charge in [-0.1, -0.05) is 0 Å². The molecule has 1 aliphatic heterocycles. The lowest BCUT2D eigenvalue weighted by atomic mass is 9.86. The molecule has 0 aliphatic carbocycles. The van der Waals surface area contributed by atoms with Gasteiger partial charge in [-0.2, -0.15) is 0 Å². The van der Waals surface area contributed by atoms with Crippen LogP contribution in [0.25, 0.3) is 5.00 Å². The van der Waals surface area contributed by atoms with Crippen LogP contribution in [0.15, 0.2) is 30.0 Å². The minimum Gasteiger partial charge on any atom is -0.398 e. The highest BCUT2D eigenvalue weighted by atomic mass is 32.1. The summed E-state index contributed by atoms with van der Waals surface area (Å²) in [4.78, 5) is 4.40. The zero-order valence-corrected chi connectivity index (χ0v) is 12.4. The zero-order valence-electron chi connectivity index (χ0n) is 11.6. The van der Waals surface area contributed by atoms with Crippen LogP contribution in [0.5, 0.6) is 0 Å². The van der Waals surface area contributed by atoms with Crippen molar-refractivity contribution < 1.29 is 9.31 Å². The van der Waals surface area contributed by atoms with E-state index in [9.17, 15) is 0 Å². The molecule has 3 heterocycles. The first kappa shape index (κ1) is 12.9. The third kappa shape index (κ3) is 2.14. The second kappa shape index (κ2) is 4.20. The van der Waals surface area contributed by atoms with Crippen LogP contribution in [0.3, 0.4) is 0 Å². The average Bonchev–Trinajstić information content (AvgIpc) is 3.00. The summed E-state index contributed by atoms with van der Waals surface area (Å²) in [6.07, 6.45) is 3.76. The van der Waals surface area contributed by atoms with Crippen LogP contribution in [0.1, 0.15) is 27.7 Å². The fourth-order valence-electron chi connectivity index (χ4n) is 1.96. The van der Waals surface area contributed by atoms with E-state index in [0.717, 1.165) is 10.6 Å². The maximum Gasteiger partial charge on any atom is 0.516 e. The standard InChI is InChI=1S/C13H17BN2O2S/c1-12(2)13(3,4)18-14(17-12)10-8-16(9-15-10)11-6-5-7-19-11/h5-9H,1-4H3. The first-order chi connectivity index (χ1) is 8.89. The van der Waals surface area contributed by atoms with Crippen molar-refractivity contribution in [3.8, 4) is 5.00 Å². The number of rotatable bonds is 2. The van der Waals surface area contributed by atoms with Gasteiger partial charge in [-0.15, -0.1) is 11.3 Å². The molecule has 1 aliphatic rings. The van der Waals surface area contributed by atoms with Gasteiger partial charge in [0.2, 0.25) is 0 Å². The first-order valence-corrected chi connectivity index (χ1v) is 7.20. The van der Waals surface area contributed by atoms with Crippen LogP contribution < -0.4 is 5.59 Å². The Morgan fingerprint density at radius 3 is 2.47 bits per heavy atom. The van der Waals surface area contributed by atoms with Gasteiger partial charge in [0.15, 0.2) is 0 Å². The minimum atomic E-state index is -0.397. The molecular formula is C13H17BN2O2S. The number of aromatic nitrogens is 2. The van der Waals surface area contributed by atoms with E-state index in [-0.39, 0.29) is 11.2 Å². The maximum absolute atomic E-state index is 5.99. The highest BCUT2D eigenvalue weighted by Crippen LogP contribution is 2.36. The highest BCUT2D eigenvalue weighted by Gasteiger charge is 2.52. The minimum absolute atomic E-state index is 0.329. The zero-order chi connectivity index (χ0) is 13.7. The van der Waals surface area contributed by atoms with Gasteiger partial charge >= 0.3 is 7.12 Å². The van der Waals surface area contributed by atoms with Gasteiger partial charge in [-0.3, -0.25) is 4.57 Å². The second-order valence-corrected chi connectivity index (χ2v) is 6.67. The molecule has 3 rings (SSSR count). The van der Waals surface area contributed by atoms with Gasteiger partial charge < -0.3 is 9.31 Å². The summed E-state index contributed by atoms with van der Waals surface area (Å²) in [5.74, 6) is 0. The smallest absolute Gasteiger partial charge is 0.398 e. The maximum atomic E-state index is 5.99. The Balaban J connectivity index is 1.85. The van der Waals surface area contributed by atoms with E-state index >= 15 is 0 Å². The van der Waals surface area contributed by atoms with E-state index in [1.807, 2.05) is 49.9 Å². The molecular weight excluding hydrogens is 259 g/mol. The molecule has 0 unspecified atom stereocenters. The van der Waals surface area contributed by atoms with Crippen LogP contribution in [-0.4, -0.2) is 27.9 Å². The quantitative estimate of drug-likeness (QED) is 0.789. The number of imidazole rings is 1. The third-order valence-corrected chi connectivity index (χ3v) is 4.74. The predicted molar refractivity (Wildman–Crippen MR) is 77.2 cm³/mol. The van der Waals surface area contributed by atoms with E-state index in [4.69, 9.17) is 9.31 Å². The summed E-state index contributed by atoms with van der Waals surface area (Å²) in [6.45, 7) is 8.18. The van der Waals surface area contributed by atoms with Gasteiger partial charge in [-0.25, -0.2) is 4.98 Å². The largest absolute Gasteiger partial charge is 0.516 e. The van der Waals surface area contributed by atoms with Gasteiger partial charge in [0.05, 0.1) is 23.1 Å². The fraction of sp³-hybridized carbons (Fsp3) is 0.462. The molecule has 0 atom stereocenters. The molecule has 2 aromatic heterocycles. The number of nitrogens with zero attached hydrogens (tertiary/aromatic N) is 2. The van der Waals surface area contributed by atoms with Crippen molar-refractivity contribution in [2.75, 3.05) is 0 Å². The Hall–Kier alpha value is -1.11. The lowest BCUT2D eigenvalue weighted by Gasteiger charge is -2.32. The van der Waals surface area contributed by atoms with Crippen LogP contribution in [0.4, 0.5) is 0 Å². The van der Waals surface area contributed by atoms with Crippen LogP contribution in [-0.2, 0) is 9.31 Å². The lowest BCUT2D eigenvalue weighted by Crippen LogP contribution is -2.41. The summed E-state index contributed by atoms with van der Waals surface area (Å²) in [7, 11) is -0.397. The summed E-state index contributed by atoms with van der Waals surface area (Å²) < 4.78 is 14.0. The molecule has 19 heavy (non-hydrogen) atoms. The molecule has 100 valence electrons. The molecule has 0 amide bonds. The first-order valence-electron chi connectivity index (χ1n) is 6.32. The highest BCUT2D eigenvalue weighted by molar-refractivity contribution is 7.12. The summed E-state index contributed by atoms with van der Waals surface area (Å²) >= 11 is 1.67. The molecule has 0 aromatic carbocycles. The topological polar surface area (TPSA) is 36.3 Å². The van der Waals surface area contributed by atoms with Crippen LogP contribution in [0.2, 0.25) is 0 Å². The molecule has 4 nitrogen and oxygen atoms in total. The summed E-state index contributed by atoms with van der Waals surface area (Å²) in [5, 5.41) is 3.18. The van der Waals surface area contributed by atoms with Crippen molar-refractivity contribution in [3.05, 3.63) is 30.0 Å². The Bertz CT molecular complexity index is 561. The monoisotopic (exact) mass is 276 g/mol. The molecule has 1 saturated heterocycles. The van der Waals surface area contributed by atoms with Crippen LogP contribution >= 0.6 is 11.3 Å². The van der Waals surface area contributed by atoms with Gasteiger partial charge in [0, 0.05) is 6.20 Å². The molecule has 1 fully saturated rings. The lowest BCUT2D eigenvalue weighted by molar-refractivity contribution is 0.00578. The van der Waals surface area contributed by atoms with Gasteiger partial charge in [0.1, 0.15) is 5.00 Å². The van der Waals surface area contributed by atoms with Crippen molar-refractivity contribution in [2.45, 2.75) is 38.9 Å². The number of thiophene rings is 1. The molecule has 0 spiro atoms. The van der Waals surface area contributed by atoms with Crippen molar-refractivity contribution in [3.63, 3.8) is 0 Å². The molecule has 0 N–H and O–H groups in total. The normalized spacial score (nSPS) is 20.9. The van der Waals surface area contributed by atoms with E-state index in [2.05, 4.69) is 11.1 Å². The Labute approximate surface area is 117 Å². The van der Waals surface area contributed by atoms with Gasteiger partial charge in [0.25, 0.3) is 0 Å². The Kier molecular flexibility index (Phi) is 2.85. The van der Waals surface area contributed by atoms with Gasteiger partial charge in [-0.05, 0) is 45.2 Å². The average molecular weight is 276 g/mol. The third-order valence-electron chi connectivity index (χ3n) is 3.86. The number of hydrogen-bond donors (Lipinski definition) is 0. The molecule has 6 heteroatoms. The molecule has 0 radical (unpaired) electrons. The van der Waals surface area contributed by atoms with E-state index in [1.165, 1.54) is 0 Å². The summed E-state index contributed by atoms with van der Waals surface area (Å²) in [5.41, 5.74) is 0.154. The molecule has 0 saturated carbocycles. The van der Waals surface area contributed by atoms with Crippen molar-refractivity contribution in [1.82, 2.24) is 9.55 Å². The number of hydrogen-bond acceptors (Lipinski definition) is 4. The Morgan fingerprint density at radius 2 is 1.89 bits per heavy atom. The Morgan fingerprint density at radius 1 is 1.21 bits per heavy atom. The van der Waals surface area contributed by atoms with E-state index < -0.39 is 7.12 Å². The molecule has 2 aromatic rings. The fourth-order valence-corrected chi connectivity index (χ4v) is 2.64. The van der Waals surface area contributed by atoms with E-state index in [1.54, 1.807) is 17.7 Å².